The molecule has 1 spiro atoms. The third kappa shape index (κ3) is 2.07. The van der Waals surface area contributed by atoms with Crippen molar-refractivity contribution in [3.05, 3.63) is 11.6 Å². The van der Waals surface area contributed by atoms with Gasteiger partial charge in [-0.3, -0.25) is 9.59 Å². The molecule has 0 radical (unpaired) electrons. The second kappa shape index (κ2) is 5.48. The Labute approximate surface area is 132 Å². The van der Waals surface area contributed by atoms with Gasteiger partial charge in [-0.2, -0.15) is 0 Å². The molecule has 3 rings (SSSR count). The minimum atomic E-state index is -0.345. The smallest absolute Gasteiger partial charge is 0.305 e. The molecule has 1 saturated carbocycles. The minimum Gasteiger partial charge on any atom is -0.469 e. The molecular weight excluding hydrogens is 280 g/mol. The quantitative estimate of drug-likeness (QED) is 0.752. The molecule has 4 nitrogen and oxygen atoms in total. The lowest BCUT2D eigenvalue weighted by Gasteiger charge is -2.54. The number of allylic oxidation sites excluding steroid dienone is 2. The zero-order valence-electron chi connectivity index (χ0n) is 13.8. The highest BCUT2D eigenvalue weighted by molar-refractivity contribution is 5.98. The van der Waals surface area contributed by atoms with E-state index in [2.05, 4.69) is 6.92 Å². The zero-order valence-corrected chi connectivity index (χ0v) is 13.8. The van der Waals surface area contributed by atoms with Gasteiger partial charge in [0, 0.05) is 6.42 Å². The van der Waals surface area contributed by atoms with Crippen LogP contribution in [0.25, 0.3) is 0 Å². The van der Waals surface area contributed by atoms with Crippen LogP contribution in [-0.4, -0.2) is 32.1 Å². The van der Waals surface area contributed by atoms with E-state index in [1.54, 1.807) is 0 Å². The molecule has 4 atom stereocenters. The van der Waals surface area contributed by atoms with Crippen molar-refractivity contribution in [3.63, 3.8) is 0 Å². The van der Waals surface area contributed by atoms with Crippen molar-refractivity contribution >= 4 is 11.8 Å². The van der Waals surface area contributed by atoms with E-state index in [1.165, 1.54) is 7.11 Å². The van der Waals surface area contributed by atoms with Gasteiger partial charge in [0.05, 0.1) is 25.7 Å². The van der Waals surface area contributed by atoms with Crippen LogP contribution >= 0.6 is 0 Å². The molecule has 1 heterocycles. The third-order valence-corrected chi connectivity index (χ3v) is 6.61. The van der Waals surface area contributed by atoms with Crippen LogP contribution in [0.3, 0.4) is 0 Å². The second-order valence-electron chi connectivity index (χ2n) is 7.42. The van der Waals surface area contributed by atoms with Crippen molar-refractivity contribution in [2.45, 2.75) is 46.0 Å². The van der Waals surface area contributed by atoms with E-state index in [4.69, 9.17) is 9.47 Å². The van der Waals surface area contributed by atoms with Gasteiger partial charge < -0.3 is 9.47 Å². The van der Waals surface area contributed by atoms with Crippen molar-refractivity contribution in [2.24, 2.45) is 22.7 Å². The normalized spacial score (nSPS) is 40.7. The third-order valence-electron chi connectivity index (χ3n) is 6.61. The maximum Gasteiger partial charge on any atom is 0.305 e. The lowest BCUT2D eigenvalue weighted by molar-refractivity contribution is -0.143. The monoisotopic (exact) mass is 306 g/mol. The number of methoxy groups -OCH3 is 1. The van der Waals surface area contributed by atoms with Crippen LogP contribution in [0.1, 0.15) is 46.0 Å². The summed E-state index contributed by atoms with van der Waals surface area (Å²) in [4.78, 5) is 24.5. The second-order valence-corrected chi connectivity index (χ2v) is 7.42. The van der Waals surface area contributed by atoms with Crippen LogP contribution < -0.4 is 0 Å². The molecule has 4 unspecified atom stereocenters. The molecule has 0 bridgehead atoms. The van der Waals surface area contributed by atoms with Crippen LogP contribution in [0.4, 0.5) is 0 Å². The number of ether oxygens (including phenoxy) is 2. The molecule has 1 aliphatic heterocycles. The summed E-state index contributed by atoms with van der Waals surface area (Å²) in [5.74, 6) is 0.715. The first-order valence-electron chi connectivity index (χ1n) is 8.33. The van der Waals surface area contributed by atoms with Crippen LogP contribution in [-0.2, 0) is 19.1 Å². The van der Waals surface area contributed by atoms with Crippen LogP contribution in [0.2, 0.25) is 0 Å². The fourth-order valence-corrected chi connectivity index (χ4v) is 5.13. The highest BCUT2D eigenvalue weighted by atomic mass is 16.5. The van der Waals surface area contributed by atoms with Crippen molar-refractivity contribution in [1.82, 2.24) is 0 Å². The average Bonchev–Trinajstić information content (AvgIpc) is 2.95. The predicted molar refractivity (Wildman–Crippen MR) is 82.2 cm³/mol. The van der Waals surface area contributed by atoms with Crippen molar-refractivity contribution in [1.29, 1.82) is 0 Å². The fourth-order valence-electron chi connectivity index (χ4n) is 5.13. The van der Waals surface area contributed by atoms with Crippen molar-refractivity contribution < 1.29 is 19.1 Å². The molecule has 0 aromatic heterocycles. The highest BCUT2D eigenvalue weighted by Crippen LogP contribution is 2.61. The molecular formula is C18H26O4. The number of esters is 1. The maximum atomic E-state index is 12.9. The fraction of sp³-hybridized carbons (Fsp3) is 0.778. The number of rotatable bonds is 3. The molecule has 22 heavy (non-hydrogen) atoms. The lowest BCUT2D eigenvalue weighted by Crippen LogP contribution is -2.55. The van der Waals surface area contributed by atoms with Gasteiger partial charge in [-0.15, -0.1) is 0 Å². The van der Waals surface area contributed by atoms with Gasteiger partial charge in [0.2, 0.25) is 0 Å². The van der Waals surface area contributed by atoms with E-state index >= 15 is 0 Å². The van der Waals surface area contributed by atoms with Gasteiger partial charge in [-0.25, -0.2) is 0 Å². The van der Waals surface area contributed by atoms with E-state index in [9.17, 15) is 9.59 Å². The van der Waals surface area contributed by atoms with Crippen LogP contribution in [0, 0.1) is 22.7 Å². The Morgan fingerprint density at radius 1 is 1.45 bits per heavy atom. The summed E-state index contributed by atoms with van der Waals surface area (Å²) in [6, 6.07) is 0. The van der Waals surface area contributed by atoms with E-state index in [0.29, 0.717) is 25.6 Å². The van der Waals surface area contributed by atoms with Gasteiger partial charge in [-0.1, -0.05) is 18.9 Å². The molecule has 4 heteroatoms. The molecule has 1 saturated heterocycles. The summed E-state index contributed by atoms with van der Waals surface area (Å²) < 4.78 is 10.6. The molecule has 0 amide bonds. The minimum absolute atomic E-state index is 0.117. The Kier molecular flexibility index (Phi) is 3.92. The van der Waals surface area contributed by atoms with Gasteiger partial charge >= 0.3 is 5.97 Å². The number of hydrogen-bond acceptors (Lipinski definition) is 4. The Morgan fingerprint density at radius 2 is 2.23 bits per heavy atom. The molecule has 2 fully saturated rings. The number of ketones is 1. The summed E-state index contributed by atoms with van der Waals surface area (Å²) in [5, 5.41) is 0. The molecule has 122 valence electrons. The summed E-state index contributed by atoms with van der Waals surface area (Å²) in [6.07, 6.45) is 6.27. The molecule has 0 aromatic rings. The standard InChI is InChI=1S/C18H26O4/c1-12-9-15(19)18-11-22-10-13(18)5-4-6-14(18)17(12,2)8-7-16(20)21-3/h9,13-14H,4-8,10-11H2,1-3H3. The Balaban J connectivity index is 1.97. The molecule has 3 aliphatic rings. The number of carbonyl (C=O) groups is 2. The molecule has 2 aliphatic carbocycles. The van der Waals surface area contributed by atoms with E-state index in [0.717, 1.165) is 31.3 Å². The van der Waals surface area contributed by atoms with Crippen molar-refractivity contribution in [2.75, 3.05) is 20.3 Å². The van der Waals surface area contributed by atoms with Crippen LogP contribution in [0.5, 0.6) is 0 Å². The molecule has 0 N–H and O–H groups in total. The summed E-state index contributed by atoms with van der Waals surface area (Å²) in [7, 11) is 1.43. The first kappa shape index (κ1) is 15.7. The number of carbonyl (C=O) groups excluding carboxylic acids is 2. The predicted octanol–water partition coefficient (Wildman–Crippen LogP) is 2.91. The van der Waals surface area contributed by atoms with E-state index in [-0.39, 0.29) is 28.5 Å². The highest BCUT2D eigenvalue weighted by Gasteiger charge is 2.62. The van der Waals surface area contributed by atoms with Crippen LogP contribution in [0.15, 0.2) is 11.6 Å². The first-order chi connectivity index (χ1) is 10.4. The summed E-state index contributed by atoms with van der Waals surface area (Å²) in [6.45, 7) is 5.53. The summed E-state index contributed by atoms with van der Waals surface area (Å²) in [5.41, 5.74) is 0.654. The Hall–Kier alpha value is -1.16. The Bertz CT molecular complexity index is 523. The summed E-state index contributed by atoms with van der Waals surface area (Å²) >= 11 is 0. The zero-order chi connectivity index (χ0) is 16.0. The average molecular weight is 306 g/mol. The SMILES string of the molecule is COC(=O)CCC1(C)C(C)=CC(=O)C23COCC2CCCC13. The first-order valence-corrected chi connectivity index (χ1v) is 8.33. The van der Waals surface area contributed by atoms with E-state index < -0.39 is 0 Å². The largest absolute Gasteiger partial charge is 0.469 e. The van der Waals surface area contributed by atoms with E-state index in [1.807, 2.05) is 13.0 Å². The Morgan fingerprint density at radius 3 is 2.95 bits per heavy atom. The number of hydrogen-bond donors (Lipinski definition) is 0. The van der Waals surface area contributed by atoms with Gasteiger partial charge in [-0.05, 0) is 49.5 Å². The van der Waals surface area contributed by atoms with Gasteiger partial charge in [0.1, 0.15) is 0 Å². The topological polar surface area (TPSA) is 52.6 Å². The van der Waals surface area contributed by atoms with Crippen molar-refractivity contribution in [3.8, 4) is 0 Å². The lowest BCUT2D eigenvalue weighted by atomic mass is 9.47. The molecule has 0 aromatic carbocycles. The van der Waals surface area contributed by atoms with Gasteiger partial charge in [0.25, 0.3) is 0 Å². The maximum absolute atomic E-state index is 12.9. The van der Waals surface area contributed by atoms with Gasteiger partial charge in [0.15, 0.2) is 5.78 Å².